The van der Waals surface area contributed by atoms with Gasteiger partial charge in [0, 0.05) is 12.3 Å². The summed E-state index contributed by atoms with van der Waals surface area (Å²) in [5.74, 6) is -1.16. The van der Waals surface area contributed by atoms with E-state index in [0.29, 0.717) is 0 Å². The molecule has 2 N–H and O–H groups in total. The number of amides is 1. The number of halogens is 1. The minimum absolute atomic E-state index is 0. The summed E-state index contributed by atoms with van der Waals surface area (Å²) < 4.78 is 5.44. The number of hydrogen-bond acceptors (Lipinski definition) is 3. The van der Waals surface area contributed by atoms with Crippen LogP contribution in [0.3, 0.4) is 0 Å². The molecule has 1 aliphatic rings. The van der Waals surface area contributed by atoms with E-state index in [1.807, 2.05) is 66.7 Å². The summed E-state index contributed by atoms with van der Waals surface area (Å²) >= 11 is 0. The van der Waals surface area contributed by atoms with Gasteiger partial charge in [-0.15, -0.1) is 0 Å². The molecular weight excluding hydrogens is 385 g/mol. The molecule has 154 valence electrons. The van der Waals surface area contributed by atoms with Crippen LogP contribution in [-0.4, -0.2) is 29.8 Å². The van der Waals surface area contributed by atoms with E-state index < -0.39 is 18.1 Å². The molecule has 1 atom stereocenters. The fourth-order valence-electron chi connectivity index (χ4n) is 3.83. The molecule has 0 saturated heterocycles. The van der Waals surface area contributed by atoms with Gasteiger partial charge in [0.05, 0.1) is 0 Å². The minimum atomic E-state index is -1.10. The summed E-state index contributed by atoms with van der Waals surface area (Å²) in [7, 11) is 0. The summed E-state index contributed by atoms with van der Waals surface area (Å²) in [5, 5.41) is 11.9. The SMILES string of the molecule is F.O=C(N[C@@H](Cc1ccccc1)C(=O)O)OCC1c2ccccc2-c2ccccc21. The van der Waals surface area contributed by atoms with Gasteiger partial charge in [-0.25, -0.2) is 9.59 Å². The van der Waals surface area contributed by atoms with Crippen LogP contribution < -0.4 is 5.32 Å². The number of carbonyl (C=O) groups excluding carboxylic acids is 1. The third-order valence-electron chi connectivity index (χ3n) is 5.22. The number of alkyl carbamates (subject to hydrolysis) is 1. The first kappa shape index (κ1) is 21.0. The molecular formula is C24H22FNO4. The second kappa shape index (κ2) is 9.22. The fourth-order valence-corrected chi connectivity index (χ4v) is 3.83. The number of benzene rings is 3. The molecule has 0 spiro atoms. The van der Waals surface area contributed by atoms with E-state index >= 15 is 0 Å². The van der Waals surface area contributed by atoms with Crippen LogP contribution in [0.4, 0.5) is 9.50 Å². The zero-order valence-electron chi connectivity index (χ0n) is 16.2. The average molecular weight is 407 g/mol. The lowest BCUT2D eigenvalue weighted by molar-refractivity contribution is -0.139. The highest BCUT2D eigenvalue weighted by atomic mass is 19.0. The maximum Gasteiger partial charge on any atom is 0.407 e. The first-order chi connectivity index (χ1) is 14.1. The highest BCUT2D eigenvalue weighted by Crippen LogP contribution is 2.44. The van der Waals surface area contributed by atoms with Crippen molar-refractivity contribution >= 4 is 12.1 Å². The smallest absolute Gasteiger partial charge is 0.407 e. The molecule has 0 heterocycles. The monoisotopic (exact) mass is 407 g/mol. The van der Waals surface area contributed by atoms with Crippen LogP contribution in [0, 0.1) is 0 Å². The molecule has 1 amide bonds. The summed E-state index contributed by atoms with van der Waals surface area (Å²) in [5.41, 5.74) is 5.34. The van der Waals surface area contributed by atoms with Crippen molar-refractivity contribution in [3.8, 4) is 11.1 Å². The molecule has 5 nitrogen and oxygen atoms in total. The van der Waals surface area contributed by atoms with Crippen molar-refractivity contribution in [1.82, 2.24) is 5.32 Å². The largest absolute Gasteiger partial charge is 0.480 e. The summed E-state index contributed by atoms with van der Waals surface area (Å²) in [6, 6.07) is 24.3. The zero-order chi connectivity index (χ0) is 20.2. The number of carboxylic acids is 1. The third-order valence-corrected chi connectivity index (χ3v) is 5.22. The molecule has 1 aliphatic carbocycles. The highest BCUT2D eigenvalue weighted by molar-refractivity contribution is 5.81. The van der Waals surface area contributed by atoms with Crippen LogP contribution in [-0.2, 0) is 16.0 Å². The number of carbonyl (C=O) groups is 2. The first-order valence-corrected chi connectivity index (χ1v) is 9.51. The van der Waals surface area contributed by atoms with E-state index in [0.717, 1.165) is 27.8 Å². The van der Waals surface area contributed by atoms with Crippen molar-refractivity contribution in [2.45, 2.75) is 18.4 Å². The van der Waals surface area contributed by atoms with Crippen LogP contribution in [0.15, 0.2) is 78.9 Å². The van der Waals surface area contributed by atoms with Gasteiger partial charge in [-0.2, -0.15) is 0 Å². The number of fused-ring (bicyclic) bond motifs is 3. The van der Waals surface area contributed by atoms with Gasteiger partial charge in [-0.1, -0.05) is 78.9 Å². The molecule has 0 radical (unpaired) electrons. The van der Waals surface area contributed by atoms with Gasteiger partial charge in [0.25, 0.3) is 0 Å². The number of aliphatic carboxylic acids is 1. The predicted octanol–water partition coefficient (Wildman–Crippen LogP) is 4.37. The fraction of sp³-hybridized carbons (Fsp3) is 0.167. The first-order valence-electron chi connectivity index (χ1n) is 9.51. The van der Waals surface area contributed by atoms with Crippen LogP contribution in [0.25, 0.3) is 11.1 Å². The molecule has 3 aromatic carbocycles. The quantitative estimate of drug-likeness (QED) is 0.636. The standard InChI is InChI=1S/C24H21NO4.FH/c26-23(27)22(14-16-8-2-1-3-9-16)25-24(28)29-15-21-19-12-6-4-10-17(19)18-11-5-7-13-20(18)21;/h1-13,21-22H,14-15H2,(H,25,28)(H,26,27);1H/t22-;/m0./s1. The Bertz CT molecular complexity index is 993. The topological polar surface area (TPSA) is 75.6 Å². The predicted molar refractivity (Wildman–Crippen MR) is 112 cm³/mol. The normalized spacial score (nSPS) is 12.8. The lowest BCUT2D eigenvalue weighted by Gasteiger charge is -2.17. The van der Waals surface area contributed by atoms with Gasteiger partial charge in [-0.3, -0.25) is 4.70 Å². The minimum Gasteiger partial charge on any atom is -0.480 e. The lowest BCUT2D eigenvalue weighted by Crippen LogP contribution is -2.42. The Kier molecular flexibility index (Phi) is 6.47. The molecule has 0 fully saturated rings. The summed E-state index contributed by atoms with van der Waals surface area (Å²) in [6.07, 6.45) is -0.532. The second-order valence-corrected chi connectivity index (χ2v) is 7.05. The maximum atomic E-state index is 12.3. The Morgan fingerprint density at radius 3 is 1.97 bits per heavy atom. The molecule has 0 bridgehead atoms. The number of rotatable bonds is 6. The van der Waals surface area contributed by atoms with E-state index in [2.05, 4.69) is 17.4 Å². The molecule has 6 heteroatoms. The Balaban J connectivity index is 0.00000256. The lowest BCUT2D eigenvalue weighted by atomic mass is 9.98. The van der Waals surface area contributed by atoms with E-state index in [9.17, 15) is 14.7 Å². The van der Waals surface area contributed by atoms with Crippen LogP contribution in [0.2, 0.25) is 0 Å². The van der Waals surface area contributed by atoms with Crippen molar-refractivity contribution < 1.29 is 24.1 Å². The number of nitrogens with one attached hydrogen (secondary N) is 1. The molecule has 0 saturated carbocycles. The molecule has 30 heavy (non-hydrogen) atoms. The van der Waals surface area contributed by atoms with Gasteiger partial charge in [0.2, 0.25) is 0 Å². The Morgan fingerprint density at radius 2 is 1.40 bits per heavy atom. The molecule has 0 unspecified atom stereocenters. The maximum absolute atomic E-state index is 12.3. The van der Waals surface area contributed by atoms with Gasteiger partial charge in [-0.05, 0) is 27.8 Å². The van der Waals surface area contributed by atoms with Crippen LogP contribution >= 0.6 is 0 Å². The number of hydrogen-bond donors (Lipinski definition) is 2. The molecule has 0 aliphatic heterocycles. The van der Waals surface area contributed by atoms with Crippen LogP contribution in [0.1, 0.15) is 22.6 Å². The average Bonchev–Trinajstić information content (AvgIpc) is 3.06. The van der Waals surface area contributed by atoms with Crippen molar-refractivity contribution in [1.29, 1.82) is 0 Å². The van der Waals surface area contributed by atoms with E-state index in [1.54, 1.807) is 0 Å². The number of carboxylic acid groups (broad SMARTS) is 1. The third kappa shape index (κ3) is 4.33. The van der Waals surface area contributed by atoms with E-state index in [4.69, 9.17) is 4.74 Å². The van der Waals surface area contributed by atoms with Crippen LogP contribution in [0.5, 0.6) is 0 Å². The molecule has 0 aromatic heterocycles. The molecule has 3 aromatic rings. The van der Waals surface area contributed by atoms with Crippen molar-refractivity contribution in [2.75, 3.05) is 6.61 Å². The number of ether oxygens (including phenoxy) is 1. The van der Waals surface area contributed by atoms with Gasteiger partial charge >= 0.3 is 12.1 Å². The summed E-state index contributed by atoms with van der Waals surface area (Å²) in [6.45, 7) is 0.150. The van der Waals surface area contributed by atoms with E-state index in [-0.39, 0.29) is 23.7 Å². The van der Waals surface area contributed by atoms with Crippen molar-refractivity contribution in [3.63, 3.8) is 0 Å². The Labute approximate surface area is 173 Å². The Morgan fingerprint density at radius 1 is 0.867 bits per heavy atom. The molecule has 4 rings (SSSR count). The Hall–Kier alpha value is -3.67. The zero-order valence-corrected chi connectivity index (χ0v) is 16.2. The summed E-state index contributed by atoms with van der Waals surface area (Å²) in [4.78, 5) is 23.9. The van der Waals surface area contributed by atoms with Crippen molar-refractivity contribution in [3.05, 3.63) is 95.6 Å². The van der Waals surface area contributed by atoms with Gasteiger partial charge in [0.15, 0.2) is 0 Å². The highest BCUT2D eigenvalue weighted by Gasteiger charge is 2.29. The van der Waals surface area contributed by atoms with Gasteiger partial charge in [0.1, 0.15) is 12.6 Å². The van der Waals surface area contributed by atoms with Gasteiger partial charge < -0.3 is 15.2 Å². The second-order valence-electron chi connectivity index (χ2n) is 7.05. The van der Waals surface area contributed by atoms with E-state index in [1.165, 1.54) is 0 Å². The van der Waals surface area contributed by atoms with Crippen molar-refractivity contribution in [2.24, 2.45) is 0 Å².